The standard InChI is InChI=1S/C11H10ClN3O/c12-11-14-6-9(7-15-11)13-5-8-3-1-2-4-10(8)16/h1-4,6-7,13,16H,5H2. The maximum atomic E-state index is 9.54. The third kappa shape index (κ3) is 2.61. The Kier molecular flexibility index (Phi) is 3.22. The molecule has 0 unspecified atom stereocenters. The van der Waals surface area contributed by atoms with E-state index in [0.29, 0.717) is 6.54 Å². The number of benzene rings is 1. The molecule has 2 rings (SSSR count). The van der Waals surface area contributed by atoms with Crippen molar-refractivity contribution < 1.29 is 5.11 Å². The largest absolute Gasteiger partial charge is 0.508 e. The van der Waals surface area contributed by atoms with Gasteiger partial charge in [0.2, 0.25) is 5.28 Å². The molecule has 0 aliphatic carbocycles. The van der Waals surface area contributed by atoms with Gasteiger partial charge in [0.05, 0.1) is 18.1 Å². The molecule has 0 bridgehead atoms. The quantitative estimate of drug-likeness (QED) is 0.803. The molecule has 0 saturated heterocycles. The third-order valence-electron chi connectivity index (χ3n) is 2.09. The first-order valence-electron chi connectivity index (χ1n) is 4.74. The van der Waals surface area contributed by atoms with Gasteiger partial charge < -0.3 is 10.4 Å². The van der Waals surface area contributed by atoms with Crippen LogP contribution in [0.4, 0.5) is 5.69 Å². The van der Waals surface area contributed by atoms with E-state index < -0.39 is 0 Å². The van der Waals surface area contributed by atoms with Crippen LogP contribution in [0.2, 0.25) is 5.28 Å². The summed E-state index contributed by atoms with van der Waals surface area (Å²) in [6.45, 7) is 0.512. The summed E-state index contributed by atoms with van der Waals surface area (Å²) < 4.78 is 0. The Morgan fingerprint density at radius 2 is 1.88 bits per heavy atom. The summed E-state index contributed by atoms with van der Waals surface area (Å²) in [5, 5.41) is 12.8. The van der Waals surface area contributed by atoms with Crippen molar-refractivity contribution in [2.24, 2.45) is 0 Å². The number of halogens is 1. The fraction of sp³-hybridized carbons (Fsp3) is 0.0909. The molecular formula is C11H10ClN3O. The topological polar surface area (TPSA) is 58.0 Å². The number of phenols is 1. The van der Waals surface area contributed by atoms with Crippen LogP contribution in [0.15, 0.2) is 36.7 Å². The first-order chi connectivity index (χ1) is 7.75. The van der Waals surface area contributed by atoms with Gasteiger partial charge in [-0.25, -0.2) is 9.97 Å². The van der Waals surface area contributed by atoms with Crippen molar-refractivity contribution in [3.8, 4) is 5.75 Å². The molecule has 16 heavy (non-hydrogen) atoms. The van der Waals surface area contributed by atoms with Gasteiger partial charge in [-0.15, -0.1) is 0 Å². The molecule has 0 amide bonds. The fourth-order valence-electron chi connectivity index (χ4n) is 1.26. The van der Waals surface area contributed by atoms with Crippen molar-refractivity contribution in [1.29, 1.82) is 0 Å². The van der Waals surface area contributed by atoms with Crippen LogP contribution >= 0.6 is 11.6 Å². The predicted octanol–water partition coefficient (Wildman–Crippen LogP) is 2.45. The lowest BCUT2D eigenvalue weighted by molar-refractivity contribution is 0.469. The minimum Gasteiger partial charge on any atom is -0.508 e. The minimum absolute atomic E-state index is 0.216. The van der Waals surface area contributed by atoms with E-state index in [1.54, 1.807) is 24.5 Å². The molecule has 0 saturated carbocycles. The lowest BCUT2D eigenvalue weighted by Crippen LogP contribution is -2.00. The second-order valence-corrected chi connectivity index (χ2v) is 3.56. The van der Waals surface area contributed by atoms with Crippen molar-refractivity contribution in [3.05, 3.63) is 47.5 Å². The van der Waals surface area contributed by atoms with Crippen molar-refractivity contribution in [2.45, 2.75) is 6.54 Å². The van der Waals surface area contributed by atoms with Gasteiger partial charge in [0.1, 0.15) is 5.75 Å². The number of hydrogen-bond donors (Lipinski definition) is 2. The van der Waals surface area contributed by atoms with Gasteiger partial charge in [0.25, 0.3) is 0 Å². The molecule has 2 aromatic rings. The number of para-hydroxylation sites is 1. The van der Waals surface area contributed by atoms with Crippen LogP contribution in [0, 0.1) is 0 Å². The van der Waals surface area contributed by atoms with Crippen molar-refractivity contribution >= 4 is 17.3 Å². The summed E-state index contributed by atoms with van der Waals surface area (Å²) in [4.78, 5) is 7.69. The highest BCUT2D eigenvalue weighted by Gasteiger charge is 1.99. The lowest BCUT2D eigenvalue weighted by Gasteiger charge is -2.06. The zero-order chi connectivity index (χ0) is 11.4. The van der Waals surface area contributed by atoms with Crippen LogP contribution in [0.3, 0.4) is 0 Å². The molecule has 1 aromatic carbocycles. The van der Waals surface area contributed by atoms with Crippen molar-refractivity contribution in [3.63, 3.8) is 0 Å². The minimum atomic E-state index is 0.216. The molecule has 1 heterocycles. The molecule has 0 aliphatic heterocycles. The molecule has 82 valence electrons. The molecular weight excluding hydrogens is 226 g/mol. The molecule has 2 N–H and O–H groups in total. The Labute approximate surface area is 97.9 Å². The summed E-state index contributed by atoms with van der Waals surface area (Å²) in [5.41, 5.74) is 1.57. The monoisotopic (exact) mass is 235 g/mol. The number of phenolic OH excluding ortho intramolecular Hbond substituents is 1. The van der Waals surface area contributed by atoms with Crippen molar-refractivity contribution in [1.82, 2.24) is 9.97 Å². The van der Waals surface area contributed by atoms with E-state index in [4.69, 9.17) is 11.6 Å². The van der Waals surface area contributed by atoms with Gasteiger partial charge in [0.15, 0.2) is 0 Å². The summed E-state index contributed by atoms with van der Waals surface area (Å²) >= 11 is 5.56. The first-order valence-corrected chi connectivity index (χ1v) is 5.12. The lowest BCUT2D eigenvalue weighted by atomic mass is 10.2. The smallest absolute Gasteiger partial charge is 0.222 e. The highest BCUT2D eigenvalue weighted by Crippen LogP contribution is 2.17. The Hall–Kier alpha value is -1.81. The number of aromatic hydroxyl groups is 1. The van der Waals surface area contributed by atoms with Crippen LogP contribution in [0.1, 0.15) is 5.56 Å². The van der Waals surface area contributed by atoms with Gasteiger partial charge in [-0.2, -0.15) is 0 Å². The van der Waals surface area contributed by atoms with E-state index in [1.807, 2.05) is 12.1 Å². The number of hydrogen-bond acceptors (Lipinski definition) is 4. The Morgan fingerprint density at radius 1 is 1.19 bits per heavy atom. The zero-order valence-corrected chi connectivity index (χ0v) is 9.15. The van der Waals surface area contributed by atoms with E-state index in [1.165, 1.54) is 0 Å². The summed E-state index contributed by atoms with van der Waals surface area (Å²) in [7, 11) is 0. The molecule has 0 aliphatic rings. The molecule has 0 atom stereocenters. The van der Waals surface area contributed by atoms with Gasteiger partial charge >= 0.3 is 0 Å². The van der Waals surface area contributed by atoms with E-state index in [-0.39, 0.29) is 11.0 Å². The molecule has 0 spiro atoms. The van der Waals surface area contributed by atoms with E-state index in [0.717, 1.165) is 11.3 Å². The van der Waals surface area contributed by atoms with Crippen LogP contribution < -0.4 is 5.32 Å². The van der Waals surface area contributed by atoms with Crippen LogP contribution in [-0.2, 0) is 6.54 Å². The highest BCUT2D eigenvalue weighted by molar-refractivity contribution is 6.28. The Morgan fingerprint density at radius 3 is 2.56 bits per heavy atom. The third-order valence-corrected chi connectivity index (χ3v) is 2.29. The second-order valence-electron chi connectivity index (χ2n) is 3.22. The number of aromatic nitrogens is 2. The van der Waals surface area contributed by atoms with Crippen LogP contribution in [-0.4, -0.2) is 15.1 Å². The summed E-state index contributed by atoms with van der Waals surface area (Å²) in [6, 6.07) is 7.15. The van der Waals surface area contributed by atoms with Crippen LogP contribution in [0.5, 0.6) is 5.75 Å². The van der Waals surface area contributed by atoms with E-state index in [2.05, 4.69) is 15.3 Å². The first kappa shape index (κ1) is 10.7. The van der Waals surface area contributed by atoms with Gasteiger partial charge in [-0.3, -0.25) is 0 Å². The van der Waals surface area contributed by atoms with Crippen LogP contribution in [0.25, 0.3) is 0 Å². The Bertz CT molecular complexity index is 473. The van der Waals surface area contributed by atoms with E-state index in [9.17, 15) is 5.11 Å². The maximum absolute atomic E-state index is 9.54. The molecule has 5 heteroatoms. The van der Waals surface area contributed by atoms with Gasteiger partial charge in [0, 0.05) is 12.1 Å². The van der Waals surface area contributed by atoms with Gasteiger partial charge in [-0.05, 0) is 17.7 Å². The second kappa shape index (κ2) is 4.81. The molecule has 1 aromatic heterocycles. The number of anilines is 1. The highest BCUT2D eigenvalue weighted by atomic mass is 35.5. The SMILES string of the molecule is Oc1ccccc1CNc1cnc(Cl)nc1. The van der Waals surface area contributed by atoms with Crippen molar-refractivity contribution in [2.75, 3.05) is 5.32 Å². The maximum Gasteiger partial charge on any atom is 0.222 e. The molecule has 0 fully saturated rings. The average molecular weight is 236 g/mol. The predicted molar refractivity (Wildman–Crippen MR) is 62.5 cm³/mol. The zero-order valence-electron chi connectivity index (χ0n) is 8.39. The number of rotatable bonds is 3. The fourth-order valence-corrected chi connectivity index (χ4v) is 1.36. The number of nitrogens with one attached hydrogen (secondary N) is 1. The summed E-state index contributed by atoms with van der Waals surface area (Å²) in [6.07, 6.45) is 3.19. The summed E-state index contributed by atoms with van der Waals surface area (Å²) in [5.74, 6) is 0.268. The normalized spacial score (nSPS) is 10.1. The van der Waals surface area contributed by atoms with Gasteiger partial charge in [-0.1, -0.05) is 18.2 Å². The van der Waals surface area contributed by atoms with E-state index >= 15 is 0 Å². The average Bonchev–Trinajstić information content (AvgIpc) is 2.30. The molecule has 4 nitrogen and oxygen atoms in total. The Balaban J connectivity index is 2.02. The number of nitrogens with zero attached hydrogens (tertiary/aromatic N) is 2. The molecule has 0 radical (unpaired) electrons.